The Bertz CT molecular complexity index is 559. The van der Waals surface area contributed by atoms with E-state index in [0.717, 1.165) is 5.56 Å². The number of ether oxygens (including phenoxy) is 1. The molecule has 0 aliphatic carbocycles. The standard InChI is InChI=1S/C17H21NO3/c1-13-12-21-14(2)11-18(13)17(20)16-8-5-7-15(10-16)6-3-4-9-19/h5,7-8,10,13-14,19H,4,9,11-12H2,1-2H3. The average Bonchev–Trinajstić information content (AvgIpc) is 2.49. The SMILES string of the molecule is CC1CN(C(=O)c2cccc(C#CCCO)c2)C(C)CO1. The molecule has 4 nitrogen and oxygen atoms in total. The Kier molecular flexibility index (Phi) is 5.38. The van der Waals surface area contributed by atoms with Crippen molar-refractivity contribution >= 4 is 5.91 Å². The van der Waals surface area contributed by atoms with Crippen molar-refractivity contribution in [2.24, 2.45) is 0 Å². The van der Waals surface area contributed by atoms with Gasteiger partial charge in [-0.2, -0.15) is 0 Å². The Labute approximate surface area is 125 Å². The summed E-state index contributed by atoms with van der Waals surface area (Å²) in [4.78, 5) is 14.5. The minimum Gasteiger partial charge on any atom is -0.395 e. The van der Waals surface area contributed by atoms with E-state index in [1.165, 1.54) is 0 Å². The van der Waals surface area contributed by atoms with Gasteiger partial charge in [-0.1, -0.05) is 17.9 Å². The van der Waals surface area contributed by atoms with Crippen LogP contribution in [0.5, 0.6) is 0 Å². The monoisotopic (exact) mass is 287 g/mol. The lowest BCUT2D eigenvalue weighted by molar-refractivity contribution is -0.0387. The van der Waals surface area contributed by atoms with E-state index < -0.39 is 0 Å². The molecule has 0 saturated carbocycles. The zero-order valence-corrected chi connectivity index (χ0v) is 12.5. The van der Waals surface area contributed by atoms with E-state index in [1.807, 2.05) is 36.9 Å². The predicted molar refractivity (Wildman–Crippen MR) is 80.9 cm³/mol. The van der Waals surface area contributed by atoms with Gasteiger partial charge in [0.15, 0.2) is 0 Å². The minimum atomic E-state index is 0.0171. The van der Waals surface area contributed by atoms with E-state index in [2.05, 4.69) is 11.8 Å². The number of amides is 1. The molecular weight excluding hydrogens is 266 g/mol. The number of hydrogen-bond donors (Lipinski definition) is 1. The number of rotatable bonds is 2. The van der Waals surface area contributed by atoms with Crippen LogP contribution in [0, 0.1) is 11.8 Å². The molecule has 1 aliphatic rings. The van der Waals surface area contributed by atoms with Crippen molar-refractivity contribution in [3.8, 4) is 11.8 Å². The fourth-order valence-electron chi connectivity index (χ4n) is 2.30. The normalized spacial score (nSPS) is 21.6. The van der Waals surface area contributed by atoms with E-state index in [1.54, 1.807) is 6.07 Å². The molecule has 4 heteroatoms. The Hall–Kier alpha value is -1.83. The van der Waals surface area contributed by atoms with Crippen molar-refractivity contribution in [1.82, 2.24) is 4.90 Å². The van der Waals surface area contributed by atoms with Gasteiger partial charge in [0, 0.05) is 24.1 Å². The number of carbonyl (C=O) groups excluding carboxylic acids is 1. The van der Waals surface area contributed by atoms with Gasteiger partial charge in [-0.05, 0) is 32.0 Å². The van der Waals surface area contributed by atoms with Gasteiger partial charge >= 0.3 is 0 Å². The van der Waals surface area contributed by atoms with Gasteiger partial charge in [0.1, 0.15) is 0 Å². The zero-order chi connectivity index (χ0) is 15.2. The summed E-state index contributed by atoms with van der Waals surface area (Å²) in [6.07, 6.45) is 0.508. The summed E-state index contributed by atoms with van der Waals surface area (Å²) in [5.41, 5.74) is 1.44. The summed E-state index contributed by atoms with van der Waals surface area (Å²) in [7, 11) is 0. The lowest BCUT2D eigenvalue weighted by atomic mass is 10.1. The van der Waals surface area contributed by atoms with Gasteiger partial charge in [-0.3, -0.25) is 4.79 Å². The molecular formula is C17H21NO3. The average molecular weight is 287 g/mol. The van der Waals surface area contributed by atoms with Crippen LogP contribution in [-0.4, -0.2) is 47.8 Å². The number of benzene rings is 1. The van der Waals surface area contributed by atoms with Crippen LogP contribution in [0.15, 0.2) is 24.3 Å². The van der Waals surface area contributed by atoms with E-state index in [0.29, 0.717) is 25.1 Å². The molecule has 21 heavy (non-hydrogen) atoms. The first-order valence-electron chi connectivity index (χ1n) is 7.24. The number of aliphatic hydroxyl groups is 1. The highest BCUT2D eigenvalue weighted by Crippen LogP contribution is 2.16. The minimum absolute atomic E-state index is 0.0171. The topological polar surface area (TPSA) is 49.8 Å². The molecule has 1 aromatic rings. The second-order valence-corrected chi connectivity index (χ2v) is 5.31. The summed E-state index contributed by atoms with van der Waals surface area (Å²) in [5.74, 6) is 5.84. The third-order valence-electron chi connectivity index (χ3n) is 3.45. The summed E-state index contributed by atoms with van der Waals surface area (Å²) >= 11 is 0. The zero-order valence-electron chi connectivity index (χ0n) is 12.5. The van der Waals surface area contributed by atoms with Gasteiger partial charge in [0.2, 0.25) is 0 Å². The van der Waals surface area contributed by atoms with Crippen LogP contribution in [0.4, 0.5) is 0 Å². The quantitative estimate of drug-likeness (QED) is 0.842. The second kappa shape index (κ2) is 7.26. The molecule has 112 valence electrons. The first kappa shape index (κ1) is 15.6. The third kappa shape index (κ3) is 4.07. The van der Waals surface area contributed by atoms with Gasteiger partial charge in [0.05, 0.1) is 25.4 Å². The molecule has 1 aromatic carbocycles. The Morgan fingerprint density at radius 2 is 2.29 bits per heavy atom. The molecule has 2 unspecified atom stereocenters. The van der Waals surface area contributed by atoms with E-state index in [4.69, 9.17) is 9.84 Å². The van der Waals surface area contributed by atoms with Crippen LogP contribution in [0.1, 0.15) is 36.2 Å². The Morgan fingerprint density at radius 3 is 3.05 bits per heavy atom. The summed E-state index contributed by atoms with van der Waals surface area (Å²) in [5, 5.41) is 8.74. The maximum Gasteiger partial charge on any atom is 0.254 e. The summed E-state index contributed by atoms with van der Waals surface area (Å²) in [6, 6.07) is 7.40. The van der Waals surface area contributed by atoms with Crippen LogP contribution in [0.3, 0.4) is 0 Å². The summed E-state index contributed by atoms with van der Waals surface area (Å²) < 4.78 is 5.56. The molecule has 1 aliphatic heterocycles. The van der Waals surface area contributed by atoms with Gasteiger partial charge in [-0.25, -0.2) is 0 Å². The highest BCUT2D eigenvalue weighted by atomic mass is 16.5. The number of carbonyl (C=O) groups is 1. The van der Waals surface area contributed by atoms with Gasteiger partial charge in [-0.15, -0.1) is 0 Å². The van der Waals surface area contributed by atoms with Crippen molar-refractivity contribution in [2.75, 3.05) is 19.8 Å². The molecule has 1 amide bonds. The van der Waals surface area contributed by atoms with Crippen LogP contribution >= 0.6 is 0 Å². The van der Waals surface area contributed by atoms with Crippen molar-refractivity contribution in [2.45, 2.75) is 32.4 Å². The predicted octanol–water partition coefficient (Wildman–Crippen LogP) is 1.67. The molecule has 1 heterocycles. The summed E-state index contributed by atoms with van der Waals surface area (Å²) in [6.45, 7) is 5.20. The maximum atomic E-state index is 12.6. The number of aliphatic hydroxyl groups excluding tert-OH is 1. The number of nitrogens with zero attached hydrogens (tertiary/aromatic N) is 1. The molecule has 2 atom stereocenters. The van der Waals surface area contributed by atoms with Crippen LogP contribution in [0.2, 0.25) is 0 Å². The lowest BCUT2D eigenvalue weighted by Gasteiger charge is -2.36. The second-order valence-electron chi connectivity index (χ2n) is 5.31. The highest BCUT2D eigenvalue weighted by molar-refractivity contribution is 5.94. The Morgan fingerprint density at radius 1 is 1.48 bits per heavy atom. The molecule has 1 saturated heterocycles. The molecule has 0 aromatic heterocycles. The molecule has 1 N–H and O–H groups in total. The van der Waals surface area contributed by atoms with Crippen LogP contribution < -0.4 is 0 Å². The fraction of sp³-hybridized carbons (Fsp3) is 0.471. The molecule has 1 fully saturated rings. The Balaban J connectivity index is 2.15. The molecule has 0 spiro atoms. The van der Waals surface area contributed by atoms with Crippen molar-refractivity contribution in [1.29, 1.82) is 0 Å². The molecule has 2 rings (SSSR count). The van der Waals surface area contributed by atoms with Gasteiger partial charge in [0.25, 0.3) is 5.91 Å². The van der Waals surface area contributed by atoms with Gasteiger partial charge < -0.3 is 14.7 Å². The number of hydrogen-bond acceptors (Lipinski definition) is 3. The largest absolute Gasteiger partial charge is 0.395 e. The first-order valence-corrected chi connectivity index (χ1v) is 7.24. The van der Waals surface area contributed by atoms with Crippen molar-refractivity contribution < 1.29 is 14.6 Å². The highest BCUT2D eigenvalue weighted by Gasteiger charge is 2.28. The number of morpholine rings is 1. The van der Waals surface area contributed by atoms with E-state index >= 15 is 0 Å². The van der Waals surface area contributed by atoms with E-state index in [9.17, 15) is 4.79 Å². The van der Waals surface area contributed by atoms with E-state index in [-0.39, 0.29) is 24.7 Å². The van der Waals surface area contributed by atoms with Crippen LogP contribution in [0.25, 0.3) is 0 Å². The van der Waals surface area contributed by atoms with Crippen molar-refractivity contribution in [3.05, 3.63) is 35.4 Å². The first-order chi connectivity index (χ1) is 10.1. The van der Waals surface area contributed by atoms with Crippen LogP contribution in [-0.2, 0) is 4.74 Å². The maximum absolute atomic E-state index is 12.6. The third-order valence-corrected chi connectivity index (χ3v) is 3.45. The molecule has 0 radical (unpaired) electrons. The fourth-order valence-corrected chi connectivity index (χ4v) is 2.30. The molecule has 0 bridgehead atoms. The smallest absolute Gasteiger partial charge is 0.254 e. The van der Waals surface area contributed by atoms with Crippen molar-refractivity contribution in [3.63, 3.8) is 0 Å². The lowest BCUT2D eigenvalue weighted by Crippen LogP contribution is -2.50.